The van der Waals surface area contributed by atoms with E-state index in [0.717, 1.165) is 24.3 Å². The minimum Gasteiger partial charge on any atom is -0.454 e. The molecule has 19 heavy (non-hydrogen) atoms. The van der Waals surface area contributed by atoms with Crippen LogP contribution >= 0.6 is 0 Å². The average Bonchev–Trinajstić information content (AvgIpc) is 3.00. The second-order valence-electron chi connectivity index (χ2n) is 5.73. The Bertz CT molecular complexity index is 542. The Hall–Kier alpha value is -1.71. The standard InChI is InChI=1S/C15H17NO3/c17-14-8-10-3-1-2-6-15(10,16-14)11-4-5-12-13(7-11)19-9-18-12/h4-5,7,10H,1-3,6,8-9H2,(H,16,17)/t10-,15+/m1/s1. The molecule has 0 aromatic heterocycles. The SMILES string of the molecule is O=C1C[C@H]2CCCC[C@]2(c2ccc3c(c2)OCO3)N1. The van der Waals surface area contributed by atoms with Crippen LogP contribution in [0.15, 0.2) is 18.2 Å². The highest BCUT2D eigenvalue weighted by atomic mass is 16.7. The molecule has 1 aliphatic carbocycles. The summed E-state index contributed by atoms with van der Waals surface area (Å²) in [6, 6.07) is 6.09. The van der Waals surface area contributed by atoms with E-state index in [2.05, 4.69) is 11.4 Å². The Kier molecular flexibility index (Phi) is 2.28. The van der Waals surface area contributed by atoms with Gasteiger partial charge in [0.25, 0.3) is 0 Å². The van der Waals surface area contributed by atoms with Crippen LogP contribution in [0.5, 0.6) is 11.5 Å². The van der Waals surface area contributed by atoms with E-state index in [1.807, 2.05) is 12.1 Å². The second kappa shape index (κ2) is 3.89. The van der Waals surface area contributed by atoms with Crippen molar-refractivity contribution in [2.24, 2.45) is 5.92 Å². The molecule has 2 atom stereocenters. The van der Waals surface area contributed by atoms with E-state index < -0.39 is 0 Å². The molecule has 1 amide bonds. The predicted molar refractivity (Wildman–Crippen MR) is 69.0 cm³/mol. The van der Waals surface area contributed by atoms with E-state index >= 15 is 0 Å². The van der Waals surface area contributed by atoms with Crippen LogP contribution in [0.3, 0.4) is 0 Å². The molecule has 1 saturated heterocycles. The van der Waals surface area contributed by atoms with Crippen molar-refractivity contribution < 1.29 is 14.3 Å². The van der Waals surface area contributed by atoms with Gasteiger partial charge < -0.3 is 14.8 Å². The molecule has 1 saturated carbocycles. The van der Waals surface area contributed by atoms with Crippen LogP contribution in [-0.2, 0) is 10.3 Å². The third-order valence-corrected chi connectivity index (χ3v) is 4.75. The number of hydrogen-bond donors (Lipinski definition) is 1. The van der Waals surface area contributed by atoms with E-state index in [4.69, 9.17) is 9.47 Å². The monoisotopic (exact) mass is 259 g/mol. The smallest absolute Gasteiger partial charge is 0.231 e. The lowest BCUT2D eigenvalue weighted by Crippen LogP contribution is -2.44. The fourth-order valence-electron chi connectivity index (χ4n) is 3.84. The number of fused-ring (bicyclic) bond motifs is 2. The van der Waals surface area contributed by atoms with Gasteiger partial charge >= 0.3 is 0 Å². The zero-order valence-electron chi connectivity index (χ0n) is 10.8. The summed E-state index contributed by atoms with van der Waals surface area (Å²) in [5, 5.41) is 3.24. The van der Waals surface area contributed by atoms with Gasteiger partial charge in [-0.2, -0.15) is 0 Å². The Morgan fingerprint density at radius 1 is 1.21 bits per heavy atom. The number of nitrogens with one attached hydrogen (secondary N) is 1. The molecule has 3 aliphatic rings. The molecule has 1 aromatic carbocycles. The van der Waals surface area contributed by atoms with Crippen molar-refractivity contribution in [1.82, 2.24) is 5.32 Å². The summed E-state index contributed by atoms with van der Waals surface area (Å²) >= 11 is 0. The molecule has 0 spiro atoms. The number of carbonyl (C=O) groups is 1. The highest BCUT2D eigenvalue weighted by Gasteiger charge is 2.49. The van der Waals surface area contributed by atoms with Gasteiger partial charge in [-0.25, -0.2) is 0 Å². The third-order valence-electron chi connectivity index (χ3n) is 4.75. The minimum atomic E-state index is -0.170. The van der Waals surface area contributed by atoms with E-state index in [1.54, 1.807) is 0 Å². The van der Waals surface area contributed by atoms with Gasteiger partial charge in [0.1, 0.15) is 0 Å². The Morgan fingerprint density at radius 3 is 3.05 bits per heavy atom. The fraction of sp³-hybridized carbons (Fsp3) is 0.533. The number of carbonyl (C=O) groups excluding carboxylic acids is 1. The van der Waals surface area contributed by atoms with E-state index in [1.165, 1.54) is 18.4 Å². The first kappa shape index (κ1) is 11.1. The normalized spacial score (nSPS) is 32.0. The van der Waals surface area contributed by atoms with Crippen molar-refractivity contribution in [3.05, 3.63) is 23.8 Å². The number of benzene rings is 1. The molecule has 0 unspecified atom stereocenters. The molecule has 2 heterocycles. The zero-order valence-corrected chi connectivity index (χ0v) is 10.8. The highest BCUT2D eigenvalue weighted by Crippen LogP contribution is 2.48. The van der Waals surface area contributed by atoms with Crippen LogP contribution in [0.4, 0.5) is 0 Å². The van der Waals surface area contributed by atoms with Crippen LogP contribution in [0.25, 0.3) is 0 Å². The first-order chi connectivity index (χ1) is 9.28. The van der Waals surface area contributed by atoms with Crippen molar-refractivity contribution in [2.75, 3.05) is 6.79 Å². The molecule has 4 rings (SSSR count). The van der Waals surface area contributed by atoms with Crippen molar-refractivity contribution >= 4 is 5.91 Å². The van der Waals surface area contributed by atoms with Gasteiger partial charge in [-0.1, -0.05) is 18.9 Å². The first-order valence-electron chi connectivity index (χ1n) is 6.99. The topological polar surface area (TPSA) is 47.6 Å². The summed E-state index contributed by atoms with van der Waals surface area (Å²) in [5.74, 6) is 2.22. The maximum Gasteiger partial charge on any atom is 0.231 e. The number of ether oxygens (including phenoxy) is 2. The number of rotatable bonds is 1. The summed E-state index contributed by atoms with van der Waals surface area (Å²) in [5.41, 5.74) is 1.00. The Labute approximate surface area is 112 Å². The van der Waals surface area contributed by atoms with Crippen molar-refractivity contribution in [3.8, 4) is 11.5 Å². The predicted octanol–water partition coefficient (Wildman–Crippen LogP) is 2.32. The maximum absolute atomic E-state index is 11.9. The zero-order chi connectivity index (χ0) is 12.9. The van der Waals surface area contributed by atoms with Gasteiger partial charge in [-0.15, -0.1) is 0 Å². The highest BCUT2D eigenvalue weighted by molar-refractivity contribution is 5.80. The molecule has 2 aliphatic heterocycles. The van der Waals surface area contributed by atoms with E-state index in [0.29, 0.717) is 19.1 Å². The summed E-state index contributed by atoms with van der Waals surface area (Å²) in [7, 11) is 0. The van der Waals surface area contributed by atoms with Gasteiger partial charge in [0.2, 0.25) is 12.7 Å². The quantitative estimate of drug-likeness (QED) is 0.842. The molecular weight excluding hydrogens is 242 g/mol. The summed E-state index contributed by atoms with van der Waals surface area (Å²) < 4.78 is 10.8. The molecule has 4 heteroatoms. The second-order valence-corrected chi connectivity index (χ2v) is 5.73. The van der Waals surface area contributed by atoms with Gasteiger partial charge in [0.05, 0.1) is 5.54 Å². The van der Waals surface area contributed by atoms with Crippen molar-refractivity contribution in [2.45, 2.75) is 37.6 Å². The molecule has 0 bridgehead atoms. The molecule has 2 fully saturated rings. The molecule has 4 nitrogen and oxygen atoms in total. The minimum absolute atomic E-state index is 0.170. The van der Waals surface area contributed by atoms with Crippen LogP contribution in [-0.4, -0.2) is 12.7 Å². The maximum atomic E-state index is 11.9. The lowest BCUT2D eigenvalue weighted by atomic mass is 9.70. The van der Waals surface area contributed by atoms with Crippen LogP contribution in [0.2, 0.25) is 0 Å². The molecule has 0 radical (unpaired) electrons. The lowest BCUT2D eigenvalue weighted by molar-refractivity contribution is -0.119. The van der Waals surface area contributed by atoms with Crippen LogP contribution < -0.4 is 14.8 Å². The number of amides is 1. The van der Waals surface area contributed by atoms with Crippen molar-refractivity contribution in [1.29, 1.82) is 0 Å². The summed E-state index contributed by atoms with van der Waals surface area (Å²) in [6.45, 7) is 0.293. The molecule has 1 aromatic rings. The van der Waals surface area contributed by atoms with Gasteiger partial charge in [-0.3, -0.25) is 4.79 Å². The van der Waals surface area contributed by atoms with Gasteiger partial charge in [0, 0.05) is 6.42 Å². The van der Waals surface area contributed by atoms with Crippen LogP contribution in [0, 0.1) is 5.92 Å². The third kappa shape index (κ3) is 1.55. The van der Waals surface area contributed by atoms with Gasteiger partial charge in [-0.05, 0) is 36.5 Å². The largest absolute Gasteiger partial charge is 0.454 e. The fourth-order valence-corrected chi connectivity index (χ4v) is 3.84. The molecular formula is C15H17NO3. The Morgan fingerprint density at radius 2 is 2.11 bits per heavy atom. The van der Waals surface area contributed by atoms with E-state index in [9.17, 15) is 4.79 Å². The first-order valence-corrected chi connectivity index (χ1v) is 6.99. The molecule has 1 N–H and O–H groups in total. The van der Waals surface area contributed by atoms with E-state index in [-0.39, 0.29) is 11.4 Å². The number of hydrogen-bond acceptors (Lipinski definition) is 3. The average molecular weight is 259 g/mol. The summed E-state index contributed by atoms with van der Waals surface area (Å²) in [6.07, 6.45) is 5.22. The van der Waals surface area contributed by atoms with Crippen molar-refractivity contribution in [3.63, 3.8) is 0 Å². The lowest BCUT2D eigenvalue weighted by Gasteiger charge is -2.39. The van der Waals surface area contributed by atoms with Gasteiger partial charge in [0.15, 0.2) is 11.5 Å². The molecule has 100 valence electrons. The Balaban J connectivity index is 1.78. The summed E-state index contributed by atoms with van der Waals surface area (Å²) in [4.78, 5) is 11.9. The van der Waals surface area contributed by atoms with Crippen LogP contribution in [0.1, 0.15) is 37.7 Å².